The number of carbonyl (C=O) groups excluding carboxylic acids is 1. The minimum absolute atomic E-state index is 0.119. The van der Waals surface area contributed by atoms with E-state index in [0.717, 1.165) is 0 Å². The van der Waals surface area contributed by atoms with E-state index in [1.165, 1.54) is 27.4 Å². The van der Waals surface area contributed by atoms with Crippen molar-refractivity contribution in [1.29, 1.82) is 0 Å². The molecule has 2 N–H and O–H groups in total. The van der Waals surface area contributed by atoms with Gasteiger partial charge < -0.3 is 29.3 Å². The Morgan fingerprint density at radius 2 is 1.44 bits per heavy atom. The maximum Gasteiger partial charge on any atom is 0.414 e. The van der Waals surface area contributed by atoms with Crippen LogP contribution in [0, 0.1) is 10.1 Å². The Balaban J connectivity index is 0.000000678. The third-order valence-corrected chi connectivity index (χ3v) is 5.34. The van der Waals surface area contributed by atoms with Crippen LogP contribution in [0.5, 0.6) is 17.2 Å². The highest BCUT2D eigenvalue weighted by Crippen LogP contribution is 2.38. The molecular weight excluding hydrogens is 478 g/mol. The third kappa shape index (κ3) is 7.06. The number of hydrogen-bond donors (Lipinski definition) is 2. The Kier molecular flexibility index (Phi) is 9.98. The predicted molar refractivity (Wildman–Crippen MR) is 126 cm³/mol. The standard InChI is InChI=1S/C21H25N3O6.C2H2O4/c1-28-18-12-16(13-19(29-2)20(18)30-3)21(25)23-10-8-22(9-11-23)14-15-6-4-5-7-17(15)24(26)27;3-1(4)2(5)6/h4-7,12-13H,8-11,14H2,1-3H3;(H,3,4)(H,5,6). The fourth-order valence-electron chi connectivity index (χ4n) is 3.56. The molecule has 0 radical (unpaired) electrons. The Morgan fingerprint density at radius 1 is 0.917 bits per heavy atom. The van der Waals surface area contributed by atoms with E-state index in [1.54, 1.807) is 35.2 Å². The van der Waals surface area contributed by atoms with Gasteiger partial charge in [0.2, 0.25) is 5.75 Å². The van der Waals surface area contributed by atoms with Crippen molar-refractivity contribution in [1.82, 2.24) is 9.80 Å². The van der Waals surface area contributed by atoms with Gasteiger partial charge in [0.15, 0.2) is 11.5 Å². The lowest BCUT2D eigenvalue weighted by Gasteiger charge is -2.34. The number of carboxylic acids is 2. The molecule has 36 heavy (non-hydrogen) atoms. The highest BCUT2D eigenvalue weighted by Gasteiger charge is 2.26. The molecule has 0 atom stereocenters. The average Bonchev–Trinajstić information content (AvgIpc) is 2.88. The zero-order valence-electron chi connectivity index (χ0n) is 20.0. The number of hydrogen-bond acceptors (Lipinski definition) is 9. The van der Waals surface area contributed by atoms with Crippen LogP contribution in [0.1, 0.15) is 15.9 Å². The van der Waals surface area contributed by atoms with Crippen LogP contribution in [-0.4, -0.2) is 90.3 Å². The molecule has 2 aromatic rings. The first kappa shape index (κ1) is 27.9. The van der Waals surface area contributed by atoms with Crippen molar-refractivity contribution in [3.05, 3.63) is 57.6 Å². The van der Waals surface area contributed by atoms with Crippen LogP contribution in [0.3, 0.4) is 0 Å². The summed E-state index contributed by atoms with van der Waals surface area (Å²) in [4.78, 5) is 45.9. The van der Waals surface area contributed by atoms with Gasteiger partial charge in [0.05, 0.1) is 26.3 Å². The SMILES string of the molecule is COc1cc(C(=O)N2CCN(Cc3ccccc3[N+](=O)[O-])CC2)cc(OC)c1OC.O=C(O)C(=O)O. The summed E-state index contributed by atoms with van der Waals surface area (Å²) < 4.78 is 16.0. The molecule has 1 heterocycles. The summed E-state index contributed by atoms with van der Waals surface area (Å²) in [6, 6.07) is 10.0. The number of methoxy groups -OCH3 is 3. The van der Waals surface area contributed by atoms with Crippen LogP contribution in [0.2, 0.25) is 0 Å². The molecule has 1 aliphatic rings. The second kappa shape index (κ2) is 12.9. The summed E-state index contributed by atoms with van der Waals surface area (Å²) in [5.41, 5.74) is 1.25. The van der Waals surface area contributed by atoms with E-state index >= 15 is 0 Å². The number of rotatable bonds is 7. The normalized spacial score (nSPS) is 13.1. The first-order valence-electron chi connectivity index (χ1n) is 10.6. The molecule has 0 bridgehead atoms. The minimum Gasteiger partial charge on any atom is -0.493 e. The number of nitrogens with zero attached hydrogens (tertiary/aromatic N) is 3. The number of nitro benzene ring substituents is 1. The van der Waals surface area contributed by atoms with Crippen LogP contribution in [0.25, 0.3) is 0 Å². The van der Waals surface area contributed by atoms with Gasteiger partial charge in [-0.05, 0) is 12.1 Å². The molecule has 1 fully saturated rings. The number of carboxylic acid groups (broad SMARTS) is 2. The number of benzene rings is 2. The maximum absolute atomic E-state index is 13.0. The van der Waals surface area contributed by atoms with Crippen LogP contribution < -0.4 is 14.2 Å². The Hall–Kier alpha value is -4.39. The first-order chi connectivity index (χ1) is 17.1. The molecule has 0 spiro atoms. The fraction of sp³-hybridized carbons (Fsp3) is 0.348. The highest BCUT2D eigenvalue weighted by atomic mass is 16.6. The van der Waals surface area contributed by atoms with E-state index in [9.17, 15) is 14.9 Å². The Morgan fingerprint density at radius 3 is 1.89 bits per heavy atom. The van der Waals surface area contributed by atoms with Gasteiger partial charge >= 0.3 is 11.9 Å². The van der Waals surface area contributed by atoms with Crippen LogP contribution >= 0.6 is 0 Å². The van der Waals surface area contributed by atoms with Gasteiger partial charge in [-0.15, -0.1) is 0 Å². The third-order valence-electron chi connectivity index (χ3n) is 5.34. The number of carbonyl (C=O) groups is 3. The van der Waals surface area contributed by atoms with Gasteiger partial charge in [-0.3, -0.25) is 19.8 Å². The van der Waals surface area contributed by atoms with Crippen molar-refractivity contribution in [2.45, 2.75) is 6.54 Å². The first-order valence-corrected chi connectivity index (χ1v) is 10.6. The summed E-state index contributed by atoms with van der Waals surface area (Å²) in [5, 5.41) is 26.0. The molecule has 3 rings (SSSR count). The molecule has 1 amide bonds. The van der Waals surface area contributed by atoms with Crippen molar-refractivity contribution >= 4 is 23.5 Å². The number of nitro groups is 1. The lowest BCUT2D eigenvalue weighted by molar-refractivity contribution is -0.385. The maximum atomic E-state index is 13.0. The monoisotopic (exact) mass is 505 g/mol. The number of ether oxygens (including phenoxy) is 3. The molecule has 1 saturated heterocycles. The molecule has 1 aliphatic heterocycles. The van der Waals surface area contributed by atoms with E-state index < -0.39 is 11.9 Å². The molecule has 0 aliphatic carbocycles. The summed E-state index contributed by atoms with van der Waals surface area (Å²) in [6.45, 7) is 2.78. The van der Waals surface area contributed by atoms with Crippen molar-refractivity contribution in [2.75, 3.05) is 47.5 Å². The number of piperazine rings is 1. The Bertz CT molecular complexity index is 1080. The lowest BCUT2D eigenvalue weighted by Crippen LogP contribution is -2.48. The quantitative estimate of drug-likeness (QED) is 0.319. The zero-order chi connectivity index (χ0) is 26.8. The smallest absolute Gasteiger partial charge is 0.414 e. The predicted octanol–water partition coefficient (Wildman–Crippen LogP) is 1.73. The second-order valence-corrected chi connectivity index (χ2v) is 7.48. The molecule has 0 aromatic heterocycles. The van der Waals surface area contributed by atoms with E-state index in [2.05, 4.69) is 4.90 Å². The van der Waals surface area contributed by atoms with Crippen LogP contribution in [-0.2, 0) is 16.1 Å². The van der Waals surface area contributed by atoms with E-state index in [4.69, 9.17) is 34.0 Å². The summed E-state index contributed by atoms with van der Waals surface area (Å²) in [6.07, 6.45) is 0. The van der Waals surface area contributed by atoms with Gasteiger partial charge in [-0.25, -0.2) is 9.59 Å². The number of amides is 1. The molecule has 13 heteroatoms. The molecular formula is C23H27N3O10. The van der Waals surface area contributed by atoms with Crippen LogP contribution in [0.4, 0.5) is 5.69 Å². The summed E-state index contributed by atoms with van der Waals surface area (Å²) in [7, 11) is 4.53. The van der Waals surface area contributed by atoms with E-state index in [0.29, 0.717) is 61.1 Å². The molecule has 2 aromatic carbocycles. The van der Waals surface area contributed by atoms with Gasteiger partial charge in [-0.2, -0.15) is 0 Å². The van der Waals surface area contributed by atoms with Crippen molar-refractivity contribution in [3.8, 4) is 17.2 Å². The van der Waals surface area contributed by atoms with Crippen LogP contribution in [0.15, 0.2) is 36.4 Å². The average molecular weight is 505 g/mol. The van der Waals surface area contributed by atoms with E-state index in [1.807, 2.05) is 0 Å². The summed E-state index contributed by atoms with van der Waals surface area (Å²) in [5.74, 6) is -2.49. The fourth-order valence-corrected chi connectivity index (χ4v) is 3.56. The minimum atomic E-state index is -1.82. The molecule has 13 nitrogen and oxygen atoms in total. The Labute approximate surface area is 206 Å². The van der Waals surface area contributed by atoms with Gasteiger partial charge in [0.25, 0.3) is 11.6 Å². The van der Waals surface area contributed by atoms with Gasteiger partial charge in [-0.1, -0.05) is 18.2 Å². The van der Waals surface area contributed by atoms with E-state index in [-0.39, 0.29) is 16.5 Å². The number of para-hydroxylation sites is 1. The molecule has 194 valence electrons. The topological polar surface area (TPSA) is 169 Å². The largest absolute Gasteiger partial charge is 0.493 e. The lowest BCUT2D eigenvalue weighted by atomic mass is 10.1. The summed E-state index contributed by atoms with van der Waals surface area (Å²) >= 11 is 0. The second-order valence-electron chi connectivity index (χ2n) is 7.48. The molecule has 0 unspecified atom stereocenters. The molecule has 0 saturated carbocycles. The van der Waals surface area contributed by atoms with Gasteiger partial charge in [0, 0.05) is 49.9 Å². The van der Waals surface area contributed by atoms with Crippen molar-refractivity contribution in [2.24, 2.45) is 0 Å². The zero-order valence-corrected chi connectivity index (χ0v) is 20.0. The van der Waals surface area contributed by atoms with Gasteiger partial charge in [0.1, 0.15) is 0 Å². The van der Waals surface area contributed by atoms with Crippen molar-refractivity contribution < 1.29 is 43.7 Å². The van der Waals surface area contributed by atoms with Crippen molar-refractivity contribution in [3.63, 3.8) is 0 Å². The highest BCUT2D eigenvalue weighted by molar-refractivity contribution is 6.27. The number of aliphatic carboxylic acids is 2.